The zero-order chi connectivity index (χ0) is 17.7. The van der Waals surface area contributed by atoms with Gasteiger partial charge in [-0.2, -0.15) is 0 Å². The highest BCUT2D eigenvalue weighted by molar-refractivity contribution is 8.03. The van der Waals surface area contributed by atoms with E-state index in [2.05, 4.69) is 42.3 Å². The predicted molar refractivity (Wildman–Crippen MR) is 107 cm³/mol. The van der Waals surface area contributed by atoms with E-state index in [0.717, 1.165) is 27.4 Å². The first kappa shape index (κ1) is 15.5. The summed E-state index contributed by atoms with van der Waals surface area (Å²) in [5, 5.41) is 1.04. The molecule has 1 heterocycles. The van der Waals surface area contributed by atoms with Crippen LogP contribution in [0, 0.1) is 0 Å². The number of thioether (sulfide) groups is 1. The van der Waals surface area contributed by atoms with E-state index in [9.17, 15) is 4.79 Å². The molecule has 1 unspecified atom stereocenters. The second-order valence-electron chi connectivity index (χ2n) is 6.61. The van der Waals surface area contributed by atoms with Crippen LogP contribution in [0.15, 0.2) is 94.4 Å². The number of carbonyl (C=O) groups excluding carboxylic acids is 1. The van der Waals surface area contributed by atoms with Gasteiger partial charge in [0.2, 0.25) is 0 Å². The molecule has 3 aromatic rings. The Morgan fingerprint density at radius 1 is 0.846 bits per heavy atom. The second-order valence-corrected chi connectivity index (χ2v) is 7.64. The van der Waals surface area contributed by atoms with Crippen molar-refractivity contribution < 1.29 is 4.79 Å². The van der Waals surface area contributed by atoms with Crippen LogP contribution in [0.2, 0.25) is 0 Å². The van der Waals surface area contributed by atoms with E-state index in [-0.39, 0.29) is 11.7 Å². The fraction of sp³-hybridized carbons (Fsp3) is 0.0870. The lowest BCUT2D eigenvalue weighted by molar-refractivity contribution is 0.103. The molecule has 0 aromatic heterocycles. The van der Waals surface area contributed by atoms with Crippen molar-refractivity contribution in [1.82, 2.24) is 0 Å². The van der Waals surface area contributed by atoms with Gasteiger partial charge in [-0.15, -0.1) is 0 Å². The van der Waals surface area contributed by atoms with E-state index in [0.29, 0.717) is 0 Å². The number of anilines is 1. The average Bonchev–Trinajstić information content (AvgIpc) is 3.17. The van der Waals surface area contributed by atoms with Crippen molar-refractivity contribution in [3.63, 3.8) is 0 Å². The van der Waals surface area contributed by atoms with Gasteiger partial charge in [-0.1, -0.05) is 78.5 Å². The molecule has 0 fully saturated rings. The highest BCUT2D eigenvalue weighted by Crippen LogP contribution is 2.52. The quantitative estimate of drug-likeness (QED) is 0.540. The number of ketones is 1. The fourth-order valence-corrected chi connectivity index (χ4v) is 5.16. The lowest BCUT2D eigenvalue weighted by Gasteiger charge is -2.20. The van der Waals surface area contributed by atoms with Crippen LogP contribution < -0.4 is 4.90 Å². The topological polar surface area (TPSA) is 20.3 Å². The molecule has 0 N–H and O–H groups in total. The molecule has 1 aliphatic heterocycles. The van der Waals surface area contributed by atoms with Crippen molar-refractivity contribution >= 4 is 23.2 Å². The first-order valence-corrected chi connectivity index (χ1v) is 9.50. The molecule has 2 nitrogen and oxygen atoms in total. The first-order valence-electron chi connectivity index (χ1n) is 8.69. The molecule has 0 saturated heterocycles. The summed E-state index contributed by atoms with van der Waals surface area (Å²) in [7, 11) is 2.06. The smallest absolute Gasteiger partial charge is 0.192 e. The maximum absolute atomic E-state index is 13.4. The Morgan fingerprint density at radius 2 is 1.54 bits per heavy atom. The molecule has 5 rings (SSSR count). The monoisotopic (exact) mass is 355 g/mol. The van der Waals surface area contributed by atoms with Crippen LogP contribution >= 0.6 is 11.8 Å². The molecule has 0 saturated carbocycles. The second kappa shape index (κ2) is 5.89. The van der Waals surface area contributed by atoms with Gasteiger partial charge in [-0.25, -0.2) is 0 Å². The number of para-hydroxylation sites is 1. The summed E-state index contributed by atoms with van der Waals surface area (Å²) in [5.41, 5.74) is 5.15. The van der Waals surface area contributed by atoms with Gasteiger partial charge in [0.15, 0.2) is 5.78 Å². The number of Topliss-reactive ketones (excluding diaryl/α,β-unsaturated/α-hetero) is 1. The van der Waals surface area contributed by atoms with Crippen molar-refractivity contribution in [3.05, 3.63) is 106 Å². The highest BCUT2D eigenvalue weighted by Gasteiger charge is 2.40. The van der Waals surface area contributed by atoms with E-state index < -0.39 is 0 Å². The van der Waals surface area contributed by atoms with Crippen molar-refractivity contribution in [1.29, 1.82) is 0 Å². The summed E-state index contributed by atoms with van der Waals surface area (Å²) in [6.07, 6.45) is 0. The van der Waals surface area contributed by atoms with Gasteiger partial charge < -0.3 is 4.90 Å². The van der Waals surface area contributed by atoms with Crippen molar-refractivity contribution in [2.45, 2.75) is 10.8 Å². The van der Waals surface area contributed by atoms with Gasteiger partial charge >= 0.3 is 0 Å². The highest BCUT2D eigenvalue weighted by atomic mass is 32.2. The van der Waals surface area contributed by atoms with Crippen LogP contribution in [0.5, 0.6) is 0 Å². The number of carbonyl (C=O) groups is 1. The van der Waals surface area contributed by atoms with Crippen LogP contribution in [0.3, 0.4) is 0 Å². The number of nitrogens with zero attached hydrogens (tertiary/aromatic N) is 1. The molecular weight excluding hydrogens is 338 g/mol. The van der Waals surface area contributed by atoms with Crippen LogP contribution in [0.25, 0.3) is 0 Å². The summed E-state index contributed by atoms with van der Waals surface area (Å²) >= 11 is 1.70. The summed E-state index contributed by atoms with van der Waals surface area (Å²) in [5.74, 6) is 0.135. The number of benzene rings is 3. The molecular formula is C23H17NOS. The minimum atomic E-state index is -0.0147. The Bertz CT molecular complexity index is 1050. The maximum atomic E-state index is 13.4. The molecule has 3 heteroatoms. The third-order valence-electron chi connectivity index (χ3n) is 5.15. The average molecular weight is 355 g/mol. The van der Waals surface area contributed by atoms with Gasteiger partial charge in [0.05, 0.1) is 10.7 Å². The van der Waals surface area contributed by atoms with Crippen LogP contribution in [0.1, 0.15) is 27.4 Å². The largest absolute Gasteiger partial charge is 0.338 e. The standard InChI is InChI=1S/C23H17NOS/c1-24-18-13-7-8-14-19(18)26-23(24)21-20(15-9-3-2-4-10-15)16-11-5-6-12-17(16)22(21)25/h2-14,20H,1H3/b23-21-. The summed E-state index contributed by atoms with van der Waals surface area (Å²) < 4.78 is 0. The Hall–Kier alpha value is -2.78. The van der Waals surface area contributed by atoms with Crippen molar-refractivity contribution in [2.75, 3.05) is 11.9 Å². The molecule has 0 radical (unpaired) electrons. The van der Waals surface area contributed by atoms with E-state index in [1.54, 1.807) is 11.8 Å². The minimum absolute atomic E-state index is 0.0147. The molecule has 1 atom stereocenters. The van der Waals surface area contributed by atoms with E-state index in [1.165, 1.54) is 10.5 Å². The first-order chi connectivity index (χ1) is 12.8. The van der Waals surface area contributed by atoms with Crippen LogP contribution in [-0.2, 0) is 0 Å². The summed E-state index contributed by atoms with van der Waals surface area (Å²) in [6, 6.07) is 26.7. The Kier molecular flexibility index (Phi) is 3.50. The normalized spacial score (nSPS) is 21.0. The number of rotatable bonds is 1. The van der Waals surface area contributed by atoms with Crippen LogP contribution in [-0.4, -0.2) is 12.8 Å². The van der Waals surface area contributed by atoms with Crippen LogP contribution in [0.4, 0.5) is 5.69 Å². The third kappa shape index (κ3) is 2.17. The zero-order valence-electron chi connectivity index (χ0n) is 14.3. The number of allylic oxidation sites excluding steroid dienone is 1. The maximum Gasteiger partial charge on any atom is 0.192 e. The molecule has 3 aromatic carbocycles. The number of hydrogen-bond acceptors (Lipinski definition) is 3. The number of hydrogen-bond donors (Lipinski definition) is 0. The summed E-state index contributed by atoms with van der Waals surface area (Å²) in [6.45, 7) is 0. The van der Waals surface area contributed by atoms with E-state index >= 15 is 0 Å². The number of fused-ring (bicyclic) bond motifs is 2. The Balaban J connectivity index is 1.75. The molecule has 0 bridgehead atoms. The lowest BCUT2D eigenvalue weighted by Crippen LogP contribution is -2.16. The van der Waals surface area contributed by atoms with Gasteiger partial charge in [0, 0.05) is 29.0 Å². The van der Waals surface area contributed by atoms with Crippen molar-refractivity contribution in [3.8, 4) is 0 Å². The van der Waals surface area contributed by atoms with E-state index in [4.69, 9.17) is 0 Å². The van der Waals surface area contributed by atoms with Gasteiger partial charge in [-0.05, 0) is 23.3 Å². The molecule has 126 valence electrons. The fourth-order valence-electron chi connectivity index (χ4n) is 3.94. The SMILES string of the molecule is CN1/C(=C2/C(=O)c3ccccc3C2c2ccccc2)Sc2ccccc21. The molecule has 2 aliphatic rings. The lowest BCUT2D eigenvalue weighted by atomic mass is 9.90. The Morgan fingerprint density at radius 3 is 2.35 bits per heavy atom. The van der Waals surface area contributed by atoms with Gasteiger partial charge in [0.25, 0.3) is 0 Å². The molecule has 1 aliphatic carbocycles. The molecule has 0 amide bonds. The Labute approximate surface area is 157 Å². The van der Waals surface area contributed by atoms with Crippen molar-refractivity contribution in [2.24, 2.45) is 0 Å². The van der Waals surface area contributed by atoms with Gasteiger partial charge in [-0.3, -0.25) is 4.79 Å². The van der Waals surface area contributed by atoms with E-state index in [1.807, 2.05) is 48.5 Å². The third-order valence-corrected chi connectivity index (χ3v) is 6.40. The molecule has 26 heavy (non-hydrogen) atoms. The molecule has 0 spiro atoms. The zero-order valence-corrected chi connectivity index (χ0v) is 15.2. The predicted octanol–water partition coefficient (Wildman–Crippen LogP) is 5.47. The minimum Gasteiger partial charge on any atom is -0.338 e. The summed E-state index contributed by atoms with van der Waals surface area (Å²) in [4.78, 5) is 16.7. The van der Waals surface area contributed by atoms with Gasteiger partial charge in [0.1, 0.15) is 0 Å².